The fourth-order valence-corrected chi connectivity index (χ4v) is 4.32. The summed E-state index contributed by atoms with van der Waals surface area (Å²) in [6.45, 7) is 10.7. The number of hydrogen-bond acceptors (Lipinski definition) is 3. The van der Waals surface area contributed by atoms with Gasteiger partial charge in [-0.25, -0.2) is 0 Å². The zero-order valence-corrected chi connectivity index (χ0v) is 21.2. The van der Waals surface area contributed by atoms with E-state index in [4.69, 9.17) is 9.47 Å². The van der Waals surface area contributed by atoms with E-state index < -0.39 is 11.2 Å². The first-order valence-corrected chi connectivity index (χ1v) is 11.7. The Hall–Kier alpha value is -3.01. The average Bonchev–Trinajstić information content (AvgIpc) is 2.85. The van der Waals surface area contributed by atoms with Gasteiger partial charge in [0.05, 0.1) is 6.61 Å². The molecule has 2 atom stereocenters. The fourth-order valence-electron chi connectivity index (χ4n) is 4.32. The second kappa shape index (κ2) is 10.5. The molecule has 0 spiro atoms. The van der Waals surface area contributed by atoms with E-state index in [0.29, 0.717) is 6.61 Å². The van der Waals surface area contributed by atoms with E-state index in [0.717, 1.165) is 28.5 Å². The van der Waals surface area contributed by atoms with Gasteiger partial charge in [-0.1, -0.05) is 112 Å². The van der Waals surface area contributed by atoms with Crippen LogP contribution in [-0.2, 0) is 31.9 Å². The Balaban J connectivity index is 2.25. The highest BCUT2D eigenvalue weighted by Gasteiger charge is 2.53. The SMILES string of the molecule is CC=Cc1ccc(C(OCc2ccccc2)(c2ccc(C(C)(C)C)cc2)C(C)(C=O)OC)cc1. The molecule has 0 aliphatic heterocycles. The lowest BCUT2D eigenvalue weighted by Crippen LogP contribution is -2.54. The van der Waals surface area contributed by atoms with Crippen LogP contribution in [0.25, 0.3) is 6.08 Å². The van der Waals surface area contributed by atoms with E-state index in [9.17, 15) is 4.79 Å². The number of allylic oxidation sites excluding steroid dienone is 1. The van der Waals surface area contributed by atoms with Gasteiger partial charge < -0.3 is 9.47 Å². The topological polar surface area (TPSA) is 35.5 Å². The first kappa shape index (κ1) is 25.6. The lowest BCUT2D eigenvalue weighted by molar-refractivity contribution is -0.179. The van der Waals surface area contributed by atoms with Crippen LogP contribution >= 0.6 is 0 Å². The van der Waals surface area contributed by atoms with Gasteiger partial charge in [-0.15, -0.1) is 0 Å². The number of methoxy groups -OCH3 is 1. The maximum absolute atomic E-state index is 12.6. The van der Waals surface area contributed by atoms with Gasteiger partial charge in [0.1, 0.15) is 0 Å². The molecule has 0 aromatic heterocycles. The predicted molar refractivity (Wildman–Crippen MR) is 140 cm³/mol. The summed E-state index contributed by atoms with van der Waals surface area (Å²) in [6.07, 6.45) is 4.91. The average molecular weight is 457 g/mol. The number of benzene rings is 3. The molecule has 3 aromatic carbocycles. The number of aldehydes is 1. The third kappa shape index (κ3) is 5.06. The van der Waals surface area contributed by atoms with E-state index in [2.05, 4.69) is 45.0 Å². The molecule has 0 bridgehead atoms. The molecule has 0 saturated heterocycles. The Labute approximate surface area is 204 Å². The smallest absolute Gasteiger partial charge is 0.157 e. The largest absolute Gasteiger partial charge is 0.367 e. The minimum atomic E-state index is -1.27. The molecular formula is C31H36O3. The summed E-state index contributed by atoms with van der Waals surface area (Å²) in [4.78, 5) is 12.6. The minimum Gasteiger partial charge on any atom is -0.367 e. The van der Waals surface area contributed by atoms with Crippen molar-refractivity contribution < 1.29 is 14.3 Å². The standard InChI is InChI=1S/C31H36O3/c1-7-11-24-14-16-27(17-15-24)31(30(5,23-32)33-6,34-22-25-12-9-8-10-13-25)28-20-18-26(19-21-28)29(2,3)4/h7-21,23H,22H2,1-6H3. The van der Waals surface area contributed by atoms with Crippen LogP contribution in [0.3, 0.4) is 0 Å². The Kier molecular flexibility index (Phi) is 7.91. The van der Waals surface area contributed by atoms with Gasteiger partial charge in [-0.05, 0) is 47.1 Å². The van der Waals surface area contributed by atoms with Crippen molar-refractivity contribution in [1.82, 2.24) is 0 Å². The van der Waals surface area contributed by atoms with Crippen LogP contribution in [0, 0.1) is 0 Å². The summed E-state index contributed by atoms with van der Waals surface area (Å²) in [5, 5.41) is 0. The molecule has 0 aliphatic carbocycles. The molecular weight excluding hydrogens is 420 g/mol. The number of carbonyl (C=O) groups is 1. The molecule has 0 amide bonds. The van der Waals surface area contributed by atoms with Gasteiger partial charge in [-0.3, -0.25) is 4.79 Å². The lowest BCUT2D eigenvalue weighted by atomic mass is 9.73. The summed E-state index contributed by atoms with van der Waals surface area (Å²) >= 11 is 0. The summed E-state index contributed by atoms with van der Waals surface area (Å²) in [5.41, 5.74) is 2.61. The third-order valence-corrected chi connectivity index (χ3v) is 6.48. The molecule has 3 nitrogen and oxygen atoms in total. The Bertz CT molecular complexity index is 1090. The van der Waals surface area contributed by atoms with Crippen molar-refractivity contribution in [2.45, 2.75) is 57.8 Å². The molecule has 0 fully saturated rings. The van der Waals surface area contributed by atoms with Gasteiger partial charge in [0.25, 0.3) is 0 Å². The second-order valence-corrected chi connectivity index (χ2v) is 9.83. The van der Waals surface area contributed by atoms with Crippen LogP contribution in [0.1, 0.15) is 62.4 Å². The summed E-state index contributed by atoms with van der Waals surface area (Å²) in [6, 6.07) is 26.5. The highest BCUT2D eigenvalue weighted by molar-refractivity contribution is 5.68. The molecule has 0 N–H and O–H groups in total. The molecule has 0 heterocycles. The lowest BCUT2D eigenvalue weighted by Gasteiger charge is -2.45. The molecule has 2 unspecified atom stereocenters. The van der Waals surface area contributed by atoms with Crippen LogP contribution in [-0.4, -0.2) is 19.0 Å². The van der Waals surface area contributed by atoms with Gasteiger partial charge in [0, 0.05) is 7.11 Å². The Morgan fingerprint density at radius 3 is 1.76 bits per heavy atom. The van der Waals surface area contributed by atoms with E-state index in [1.54, 1.807) is 14.0 Å². The Morgan fingerprint density at radius 2 is 1.29 bits per heavy atom. The van der Waals surface area contributed by atoms with Crippen molar-refractivity contribution in [2.75, 3.05) is 7.11 Å². The van der Waals surface area contributed by atoms with Gasteiger partial charge in [0.15, 0.2) is 17.5 Å². The van der Waals surface area contributed by atoms with Crippen LogP contribution in [0.15, 0.2) is 84.9 Å². The molecule has 3 rings (SSSR count). The zero-order chi connectivity index (χ0) is 24.8. The van der Waals surface area contributed by atoms with E-state index >= 15 is 0 Å². The number of hydrogen-bond donors (Lipinski definition) is 0. The predicted octanol–water partition coefficient (Wildman–Crippen LogP) is 7.08. The van der Waals surface area contributed by atoms with Crippen molar-refractivity contribution in [3.63, 3.8) is 0 Å². The van der Waals surface area contributed by atoms with Crippen molar-refractivity contribution >= 4 is 12.4 Å². The molecule has 178 valence electrons. The highest BCUT2D eigenvalue weighted by atomic mass is 16.6. The summed E-state index contributed by atoms with van der Waals surface area (Å²) in [5.74, 6) is 0. The molecule has 3 heteroatoms. The molecule has 0 radical (unpaired) electrons. The van der Waals surface area contributed by atoms with E-state index in [-0.39, 0.29) is 5.41 Å². The molecule has 34 heavy (non-hydrogen) atoms. The number of rotatable bonds is 9. The zero-order valence-electron chi connectivity index (χ0n) is 21.2. The van der Waals surface area contributed by atoms with Crippen molar-refractivity contribution in [2.24, 2.45) is 0 Å². The van der Waals surface area contributed by atoms with Crippen LogP contribution in [0.5, 0.6) is 0 Å². The maximum Gasteiger partial charge on any atom is 0.157 e. The first-order chi connectivity index (χ1) is 16.2. The van der Waals surface area contributed by atoms with E-state index in [1.165, 1.54) is 5.56 Å². The van der Waals surface area contributed by atoms with Gasteiger partial charge in [0.2, 0.25) is 0 Å². The molecule has 0 aliphatic rings. The normalized spacial score (nSPS) is 15.6. The van der Waals surface area contributed by atoms with Crippen LogP contribution < -0.4 is 0 Å². The van der Waals surface area contributed by atoms with Crippen molar-refractivity contribution in [1.29, 1.82) is 0 Å². The van der Waals surface area contributed by atoms with Crippen LogP contribution in [0.4, 0.5) is 0 Å². The van der Waals surface area contributed by atoms with E-state index in [1.807, 2.05) is 73.7 Å². The minimum absolute atomic E-state index is 0.00937. The molecule has 3 aromatic rings. The highest BCUT2D eigenvalue weighted by Crippen LogP contribution is 2.45. The molecule has 0 saturated carbocycles. The summed E-state index contributed by atoms with van der Waals surface area (Å²) in [7, 11) is 1.56. The monoisotopic (exact) mass is 456 g/mol. The maximum atomic E-state index is 12.6. The van der Waals surface area contributed by atoms with Crippen molar-refractivity contribution in [3.8, 4) is 0 Å². The number of ether oxygens (including phenoxy) is 2. The summed E-state index contributed by atoms with van der Waals surface area (Å²) < 4.78 is 12.7. The van der Waals surface area contributed by atoms with Gasteiger partial charge in [-0.2, -0.15) is 0 Å². The Morgan fingerprint density at radius 1 is 0.765 bits per heavy atom. The van der Waals surface area contributed by atoms with Crippen molar-refractivity contribution in [3.05, 3.63) is 113 Å². The quantitative estimate of drug-likeness (QED) is 0.323. The number of carbonyl (C=O) groups excluding carboxylic acids is 1. The first-order valence-electron chi connectivity index (χ1n) is 11.7. The third-order valence-electron chi connectivity index (χ3n) is 6.48. The van der Waals surface area contributed by atoms with Gasteiger partial charge >= 0.3 is 0 Å². The van der Waals surface area contributed by atoms with Crippen LogP contribution in [0.2, 0.25) is 0 Å². The second-order valence-electron chi connectivity index (χ2n) is 9.83. The fraction of sp³-hybridized carbons (Fsp3) is 0.323.